The zero-order valence-electron chi connectivity index (χ0n) is 18.7. The zero-order chi connectivity index (χ0) is 22.8. The molecule has 0 saturated heterocycles. The third-order valence-corrected chi connectivity index (χ3v) is 5.46. The number of nitriles is 1. The predicted molar refractivity (Wildman–Crippen MR) is 121 cm³/mol. The van der Waals surface area contributed by atoms with Gasteiger partial charge in [0, 0.05) is 5.56 Å². The molecule has 0 aliphatic rings. The zero-order valence-corrected chi connectivity index (χ0v) is 18.7. The highest BCUT2D eigenvalue weighted by Crippen LogP contribution is 2.38. The molecule has 0 spiro atoms. The Morgan fingerprint density at radius 1 is 1.06 bits per heavy atom. The van der Waals surface area contributed by atoms with Crippen molar-refractivity contribution in [3.8, 4) is 22.9 Å². The first-order valence-electron chi connectivity index (χ1n) is 11.1. The SMILES string of the molecule is CCCCCCCCOc1ccc(-c2ccc(C(=O)O)cc2)c(C(C#N)C(C)C)c1F. The third-order valence-electron chi connectivity index (χ3n) is 5.46. The van der Waals surface area contributed by atoms with Crippen molar-refractivity contribution in [2.45, 2.75) is 65.2 Å². The Labute approximate surface area is 184 Å². The van der Waals surface area contributed by atoms with Crippen LogP contribution in [0.15, 0.2) is 36.4 Å². The largest absolute Gasteiger partial charge is 0.491 e. The summed E-state index contributed by atoms with van der Waals surface area (Å²) in [5, 5.41) is 18.9. The van der Waals surface area contributed by atoms with Crippen molar-refractivity contribution in [3.63, 3.8) is 0 Å². The summed E-state index contributed by atoms with van der Waals surface area (Å²) in [6.45, 7) is 6.39. The van der Waals surface area contributed by atoms with Crippen LogP contribution in [0.2, 0.25) is 0 Å². The van der Waals surface area contributed by atoms with Gasteiger partial charge in [-0.25, -0.2) is 9.18 Å². The van der Waals surface area contributed by atoms with Crippen molar-refractivity contribution in [2.75, 3.05) is 6.61 Å². The van der Waals surface area contributed by atoms with Crippen LogP contribution in [-0.4, -0.2) is 17.7 Å². The van der Waals surface area contributed by atoms with Gasteiger partial charge in [0.05, 0.1) is 24.2 Å². The summed E-state index contributed by atoms with van der Waals surface area (Å²) in [7, 11) is 0. The highest BCUT2D eigenvalue weighted by Gasteiger charge is 2.26. The molecule has 166 valence electrons. The molecule has 0 bridgehead atoms. The van der Waals surface area contributed by atoms with Crippen LogP contribution in [0.1, 0.15) is 81.1 Å². The fraction of sp³-hybridized carbons (Fsp3) is 0.462. The van der Waals surface area contributed by atoms with Crippen molar-refractivity contribution in [3.05, 3.63) is 53.3 Å². The van der Waals surface area contributed by atoms with Crippen LogP contribution in [0.5, 0.6) is 5.75 Å². The van der Waals surface area contributed by atoms with E-state index in [0.717, 1.165) is 19.3 Å². The maximum absolute atomic E-state index is 15.5. The molecule has 1 N–H and O–H groups in total. The number of rotatable bonds is 12. The monoisotopic (exact) mass is 425 g/mol. The molecule has 31 heavy (non-hydrogen) atoms. The summed E-state index contributed by atoms with van der Waals surface area (Å²) in [6, 6.07) is 11.9. The van der Waals surface area contributed by atoms with E-state index in [2.05, 4.69) is 13.0 Å². The number of unbranched alkanes of at least 4 members (excludes halogenated alkanes) is 5. The molecule has 0 aliphatic carbocycles. The van der Waals surface area contributed by atoms with E-state index in [0.29, 0.717) is 23.3 Å². The number of carbonyl (C=O) groups is 1. The molecule has 0 heterocycles. The van der Waals surface area contributed by atoms with E-state index in [1.54, 1.807) is 24.3 Å². The Bertz CT molecular complexity index is 900. The van der Waals surface area contributed by atoms with Crippen LogP contribution in [0.25, 0.3) is 11.1 Å². The summed E-state index contributed by atoms with van der Waals surface area (Å²) in [6.07, 6.45) is 6.71. The number of nitrogens with zero attached hydrogens (tertiary/aromatic N) is 1. The molecule has 1 unspecified atom stereocenters. The van der Waals surface area contributed by atoms with Gasteiger partial charge in [-0.2, -0.15) is 5.26 Å². The molecule has 0 fully saturated rings. The smallest absolute Gasteiger partial charge is 0.335 e. The van der Waals surface area contributed by atoms with Gasteiger partial charge in [0.15, 0.2) is 11.6 Å². The average Bonchev–Trinajstić information content (AvgIpc) is 2.75. The van der Waals surface area contributed by atoms with Gasteiger partial charge < -0.3 is 9.84 Å². The van der Waals surface area contributed by atoms with E-state index in [4.69, 9.17) is 9.84 Å². The topological polar surface area (TPSA) is 70.3 Å². The van der Waals surface area contributed by atoms with Gasteiger partial charge >= 0.3 is 5.97 Å². The molecule has 0 amide bonds. The van der Waals surface area contributed by atoms with E-state index >= 15 is 4.39 Å². The van der Waals surface area contributed by atoms with Crippen LogP contribution in [0.3, 0.4) is 0 Å². The Morgan fingerprint density at radius 3 is 2.29 bits per heavy atom. The summed E-state index contributed by atoms with van der Waals surface area (Å²) < 4.78 is 21.3. The van der Waals surface area contributed by atoms with Gasteiger partial charge in [-0.3, -0.25) is 0 Å². The number of carboxylic acid groups (broad SMARTS) is 1. The lowest BCUT2D eigenvalue weighted by atomic mass is 9.84. The summed E-state index contributed by atoms with van der Waals surface area (Å²) in [4.78, 5) is 11.1. The minimum Gasteiger partial charge on any atom is -0.491 e. The first-order chi connectivity index (χ1) is 14.9. The normalized spacial score (nSPS) is 11.9. The number of hydrogen-bond acceptors (Lipinski definition) is 3. The fourth-order valence-corrected chi connectivity index (χ4v) is 3.64. The number of aromatic carboxylic acids is 1. The minimum absolute atomic E-state index is 0.0923. The summed E-state index contributed by atoms with van der Waals surface area (Å²) >= 11 is 0. The standard InChI is InChI=1S/C26H32FNO3/c1-4-5-6-7-8-9-16-31-23-15-14-21(19-10-12-20(13-11-19)26(29)30)24(25(23)27)22(17-28)18(2)3/h10-15,18,22H,4-9,16H2,1-3H3,(H,29,30). The van der Waals surface area contributed by atoms with Crippen LogP contribution < -0.4 is 4.74 Å². The lowest BCUT2D eigenvalue weighted by Crippen LogP contribution is -2.10. The molecule has 4 nitrogen and oxygen atoms in total. The first-order valence-corrected chi connectivity index (χ1v) is 11.1. The van der Waals surface area contributed by atoms with Gasteiger partial charge in [0.1, 0.15) is 0 Å². The number of ether oxygens (including phenoxy) is 1. The molecule has 2 rings (SSSR count). The molecule has 0 aromatic heterocycles. The summed E-state index contributed by atoms with van der Waals surface area (Å²) in [5.41, 5.74) is 1.72. The maximum atomic E-state index is 15.5. The molecule has 0 saturated carbocycles. The molecule has 0 radical (unpaired) electrons. The molecule has 0 aliphatic heterocycles. The van der Waals surface area contributed by atoms with Crippen molar-refractivity contribution in [1.29, 1.82) is 5.26 Å². The third kappa shape index (κ3) is 6.55. The molecular formula is C26H32FNO3. The highest BCUT2D eigenvalue weighted by atomic mass is 19.1. The van der Waals surface area contributed by atoms with Crippen molar-refractivity contribution in [2.24, 2.45) is 5.92 Å². The Balaban J connectivity index is 2.29. The van der Waals surface area contributed by atoms with Crippen LogP contribution >= 0.6 is 0 Å². The number of hydrogen-bond donors (Lipinski definition) is 1. The predicted octanol–water partition coefficient (Wildman–Crippen LogP) is 7.19. The molecular weight excluding hydrogens is 393 g/mol. The first kappa shape index (κ1) is 24.4. The molecule has 2 aromatic carbocycles. The van der Waals surface area contributed by atoms with Gasteiger partial charge in [-0.15, -0.1) is 0 Å². The van der Waals surface area contributed by atoms with E-state index in [9.17, 15) is 10.1 Å². The number of benzene rings is 2. The van der Waals surface area contributed by atoms with Crippen LogP contribution in [0, 0.1) is 23.1 Å². The molecule has 2 aromatic rings. The Morgan fingerprint density at radius 2 is 1.71 bits per heavy atom. The van der Waals surface area contributed by atoms with Gasteiger partial charge in [0.25, 0.3) is 0 Å². The number of carboxylic acids is 1. The summed E-state index contributed by atoms with van der Waals surface area (Å²) in [5.74, 6) is -2.10. The van der Waals surface area contributed by atoms with Gasteiger partial charge in [0.2, 0.25) is 0 Å². The Kier molecular flexibility index (Phi) is 9.52. The molecule has 1 atom stereocenters. The van der Waals surface area contributed by atoms with E-state index < -0.39 is 17.7 Å². The fourth-order valence-electron chi connectivity index (χ4n) is 3.64. The van der Waals surface area contributed by atoms with Crippen LogP contribution in [0.4, 0.5) is 4.39 Å². The lowest BCUT2D eigenvalue weighted by Gasteiger charge is -2.21. The second kappa shape index (κ2) is 12.1. The second-order valence-corrected chi connectivity index (χ2v) is 8.19. The average molecular weight is 426 g/mol. The maximum Gasteiger partial charge on any atom is 0.335 e. The molecule has 5 heteroatoms. The minimum atomic E-state index is -1.02. The van der Waals surface area contributed by atoms with E-state index in [1.807, 2.05) is 13.8 Å². The van der Waals surface area contributed by atoms with E-state index in [1.165, 1.54) is 31.4 Å². The van der Waals surface area contributed by atoms with Crippen molar-refractivity contribution >= 4 is 5.97 Å². The van der Waals surface area contributed by atoms with Crippen molar-refractivity contribution < 1.29 is 19.0 Å². The number of halogens is 1. The lowest BCUT2D eigenvalue weighted by molar-refractivity contribution is 0.0697. The Hall–Kier alpha value is -2.87. The van der Waals surface area contributed by atoms with Crippen molar-refractivity contribution in [1.82, 2.24) is 0 Å². The van der Waals surface area contributed by atoms with Gasteiger partial charge in [-0.1, -0.05) is 71.1 Å². The quantitative estimate of drug-likeness (QED) is 0.365. The second-order valence-electron chi connectivity index (χ2n) is 8.19. The van der Waals surface area contributed by atoms with Crippen LogP contribution in [-0.2, 0) is 0 Å². The highest BCUT2D eigenvalue weighted by molar-refractivity contribution is 5.88. The van der Waals surface area contributed by atoms with E-state index in [-0.39, 0.29) is 17.2 Å². The van der Waals surface area contributed by atoms with Gasteiger partial charge in [-0.05, 0) is 41.7 Å².